The number of nitrogens with one attached hydrogen (secondary N) is 1. The molecule has 0 spiro atoms. The van der Waals surface area contributed by atoms with Crippen LogP contribution in [0.5, 0.6) is 0 Å². The highest BCUT2D eigenvalue weighted by atomic mass is 32.2. The van der Waals surface area contributed by atoms with Gasteiger partial charge < -0.3 is 0 Å². The molecule has 1 atom stereocenters. The summed E-state index contributed by atoms with van der Waals surface area (Å²) in [6.45, 7) is 6.07. The first-order valence-electron chi connectivity index (χ1n) is 8.53. The molecule has 0 saturated carbocycles. The van der Waals surface area contributed by atoms with Crippen LogP contribution in [-0.2, 0) is 16.4 Å². The Morgan fingerprint density at radius 3 is 2.84 bits per heavy atom. The molecule has 0 fully saturated rings. The summed E-state index contributed by atoms with van der Waals surface area (Å²) in [5, 5.41) is 4.42. The van der Waals surface area contributed by atoms with Crippen molar-refractivity contribution in [1.29, 1.82) is 0 Å². The lowest BCUT2D eigenvalue weighted by Crippen LogP contribution is -2.37. The normalized spacial score (nSPS) is 19.6. The summed E-state index contributed by atoms with van der Waals surface area (Å²) in [6, 6.07) is 5.97. The molecule has 1 heterocycles. The zero-order chi connectivity index (χ0) is 18.2. The van der Waals surface area contributed by atoms with Crippen molar-refractivity contribution in [3.63, 3.8) is 0 Å². The molecule has 136 valence electrons. The molecule has 0 amide bonds. The van der Waals surface area contributed by atoms with Gasteiger partial charge in [-0.2, -0.15) is 5.10 Å². The first kappa shape index (κ1) is 18.1. The highest BCUT2D eigenvalue weighted by molar-refractivity contribution is 7.89. The second-order valence-corrected chi connectivity index (χ2v) is 9.35. The van der Waals surface area contributed by atoms with Crippen molar-refractivity contribution in [3.8, 4) is 5.69 Å². The Bertz CT molecular complexity index is 874. The van der Waals surface area contributed by atoms with E-state index in [1.165, 1.54) is 12.1 Å². The molecule has 1 aliphatic carbocycles. The number of hydrogen-bond donors (Lipinski definition) is 1. The van der Waals surface area contributed by atoms with Crippen LogP contribution in [0.3, 0.4) is 0 Å². The third-order valence-corrected chi connectivity index (χ3v) is 6.12. The number of aromatic nitrogens is 2. The van der Waals surface area contributed by atoms with Crippen LogP contribution in [0.15, 0.2) is 30.5 Å². The van der Waals surface area contributed by atoms with E-state index < -0.39 is 10.0 Å². The fourth-order valence-electron chi connectivity index (χ4n) is 3.52. The van der Waals surface area contributed by atoms with E-state index in [2.05, 4.69) is 23.7 Å². The molecule has 5 nitrogen and oxygen atoms in total. The van der Waals surface area contributed by atoms with Crippen LogP contribution < -0.4 is 4.72 Å². The second kappa shape index (κ2) is 6.53. The summed E-state index contributed by atoms with van der Waals surface area (Å²) in [6.07, 6.45) is 3.73. The fraction of sp³-hybridized carbons (Fsp3) is 0.500. The molecule has 2 aromatic rings. The third-order valence-electron chi connectivity index (χ3n) is 4.53. The second-order valence-electron chi connectivity index (χ2n) is 7.47. The zero-order valence-corrected chi connectivity index (χ0v) is 15.6. The van der Waals surface area contributed by atoms with Gasteiger partial charge in [0.1, 0.15) is 5.82 Å². The van der Waals surface area contributed by atoms with Gasteiger partial charge in [-0.1, -0.05) is 26.8 Å². The Kier molecular flexibility index (Phi) is 4.72. The largest absolute Gasteiger partial charge is 0.237 e. The number of rotatable bonds is 5. The van der Waals surface area contributed by atoms with Crippen LogP contribution in [0.4, 0.5) is 4.39 Å². The van der Waals surface area contributed by atoms with E-state index in [-0.39, 0.29) is 23.0 Å². The minimum Gasteiger partial charge on any atom is -0.237 e. The maximum absolute atomic E-state index is 13.6. The Labute approximate surface area is 148 Å². The van der Waals surface area contributed by atoms with E-state index in [0.717, 1.165) is 17.7 Å². The zero-order valence-electron chi connectivity index (χ0n) is 14.8. The number of hydrogen-bond acceptors (Lipinski definition) is 3. The molecule has 3 rings (SSSR count). The summed E-state index contributed by atoms with van der Waals surface area (Å²) >= 11 is 0. The number of halogens is 1. The highest BCUT2D eigenvalue weighted by Gasteiger charge is 2.36. The van der Waals surface area contributed by atoms with E-state index >= 15 is 0 Å². The first-order valence-corrected chi connectivity index (χ1v) is 10.2. The van der Waals surface area contributed by atoms with E-state index in [0.29, 0.717) is 18.5 Å². The minimum absolute atomic E-state index is 0.0858. The van der Waals surface area contributed by atoms with Crippen molar-refractivity contribution in [2.75, 3.05) is 5.75 Å². The van der Waals surface area contributed by atoms with Crippen molar-refractivity contribution in [1.82, 2.24) is 14.5 Å². The van der Waals surface area contributed by atoms with Crippen molar-refractivity contribution in [2.45, 2.75) is 46.1 Å². The summed E-state index contributed by atoms with van der Waals surface area (Å²) in [4.78, 5) is 0. The van der Waals surface area contributed by atoms with Crippen molar-refractivity contribution < 1.29 is 12.8 Å². The van der Waals surface area contributed by atoms with E-state index in [1.807, 2.05) is 6.92 Å². The lowest BCUT2D eigenvalue weighted by molar-refractivity contribution is 0.268. The number of benzene rings is 1. The Hall–Kier alpha value is -1.73. The van der Waals surface area contributed by atoms with Crippen molar-refractivity contribution in [2.24, 2.45) is 5.41 Å². The van der Waals surface area contributed by atoms with Gasteiger partial charge >= 0.3 is 0 Å². The van der Waals surface area contributed by atoms with E-state index in [4.69, 9.17) is 0 Å². The summed E-state index contributed by atoms with van der Waals surface area (Å²) in [5.41, 5.74) is 2.38. The quantitative estimate of drug-likeness (QED) is 0.884. The maximum Gasteiger partial charge on any atom is 0.212 e. The summed E-state index contributed by atoms with van der Waals surface area (Å²) in [7, 11) is -3.33. The molecule has 0 unspecified atom stereocenters. The molecule has 1 N–H and O–H groups in total. The summed E-state index contributed by atoms with van der Waals surface area (Å²) < 4.78 is 42.7. The van der Waals surface area contributed by atoms with Gasteiger partial charge in [0.2, 0.25) is 10.0 Å². The number of fused-ring (bicyclic) bond motifs is 1. The molecule has 1 aliphatic rings. The van der Waals surface area contributed by atoms with Gasteiger partial charge in [-0.3, -0.25) is 0 Å². The predicted octanol–water partition coefficient (Wildman–Crippen LogP) is 3.35. The molecule has 1 aromatic heterocycles. The summed E-state index contributed by atoms with van der Waals surface area (Å²) in [5.74, 6) is -0.214. The van der Waals surface area contributed by atoms with E-state index in [9.17, 15) is 12.8 Å². The minimum atomic E-state index is -3.33. The monoisotopic (exact) mass is 365 g/mol. The van der Waals surface area contributed by atoms with Crippen LogP contribution in [0.2, 0.25) is 0 Å². The van der Waals surface area contributed by atoms with Crippen LogP contribution in [0.25, 0.3) is 5.69 Å². The average Bonchev–Trinajstić information content (AvgIpc) is 2.89. The molecule has 25 heavy (non-hydrogen) atoms. The van der Waals surface area contributed by atoms with Gasteiger partial charge in [-0.05, 0) is 42.9 Å². The van der Waals surface area contributed by atoms with Crippen LogP contribution in [0, 0.1) is 11.2 Å². The smallest absolute Gasteiger partial charge is 0.212 e. The van der Waals surface area contributed by atoms with Gasteiger partial charge in [0.15, 0.2) is 0 Å². The Morgan fingerprint density at radius 1 is 1.40 bits per heavy atom. The average molecular weight is 365 g/mol. The van der Waals surface area contributed by atoms with Gasteiger partial charge in [0.05, 0.1) is 23.7 Å². The topological polar surface area (TPSA) is 64.0 Å². The molecule has 0 bridgehead atoms. The van der Waals surface area contributed by atoms with Crippen molar-refractivity contribution >= 4 is 10.0 Å². The third kappa shape index (κ3) is 3.93. The predicted molar refractivity (Wildman–Crippen MR) is 95.6 cm³/mol. The molecule has 0 saturated heterocycles. The van der Waals surface area contributed by atoms with E-state index in [1.54, 1.807) is 23.0 Å². The molecule has 7 heteroatoms. The van der Waals surface area contributed by atoms with Gasteiger partial charge in [-0.15, -0.1) is 0 Å². The highest BCUT2D eigenvalue weighted by Crippen LogP contribution is 2.41. The van der Waals surface area contributed by atoms with Crippen LogP contribution in [-0.4, -0.2) is 24.0 Å². The van der Waals surface area contributed by atoms with Gasteiger partial charge in [0.25, 0.3) is 0 Å². The molecule has 0 aliphatic heterocycles. The number of nitrogens with zero attached hydrogens (tertiary/aromatic N) is 2. The van der Waals surface area contributed by atoms with Crippen LogP contribution >= 0.6 is 0 Å². The van der Waals surface area contributed by atoms with Gasteiger partial charge in [0, 0.05) is 11.3 Å². The maximum atomic E-state index is 13.6. The Morgan fingerprint density at radius 2 is 2.16 bits per heavy atom. The molecular weight excluding hydrogens is 341 g/mol. The first-order chi connectivity index (χ1) is 11.7. The lowest BCUT2D eigenvalue weighted by atomic mass is 9.74. The molecular formula is C18H24FN3O2S. The SMILES string of the molecule is CCCS(=O)(=O)N[C@@H]1CC(C)(C)Cc2c1cnn2-c1cccc(F)c1. The Balaban J connectivity index is 2.02. The van der Waals surface area contributed by atoms with Crippen molar-refractivity contribution in [3.05, 3.63) is 47.5 Å². The van der Waals surface area contributed by atoms with Gasteiger partial charge in [-0.25, -0.2) is 22.2 Å². The molecule has 1 aromatic carbocycles. The lowest BCUT2D eigenvalue weighted by Gasteiger charge is -2.35. The molecule has 0 radical (unpaired) electrons. The van der Waals surface area contributed by atoms with Crippen LogP contribution in [0.1, 0.15) is 50.9 Å². The number of sulfonamides is 1. The fourth-order valence-corrected chi connectivity index (χ4v) is 4.82. The standard InChI is InChI=1S/C18H24FN3O2S/c1-4-8-25(23,24)21-16-10-18(2,3)11-17-15(16)12-20-22(17)14-7-5-6-13(19)9-14/h5-7,9,12,16,21H,4,8,10-11H2,1-3H3/t16-/m1/s1.